The maximum absolute atomic E-state index is 12.8. The van der Waals surface area contributed by atoms with Crippen LogP contribution < -0.4 is 11.1 Å². The van der Waals surface area contributed by atoms with Crippen LogP contribution in [0.4, 0.5) is 9.18 Å². The molecule has 1 unspecified atom stereocenters. The van der Waals surface area contributed by atoms with Crippen LogP contribution in [0.3, 0.4) is 0 Å². The molecule has 0 heterocycles. The minimum absolute atomic E-state index is 0.146. The molecular weight excluding hydrogens is 319 g/mol. The van der Waals surface area contributed by atoms with Gasteiger partial charge in [0.05, 0.1) is 6.42 Å². The predicted molar refractivity (Wildman–Crippen MR) is 82.4 cm³/mol. The summed E-state index contributed by atoms with van der Waals surface area (Å²) >= 11 is 0. The molecule has 0 fully saturated rings. The monoisotopic (exact) mass is 338 g/mol. The molecule has 1 rings (SSSR count). The summed E-state index contributed by atoms with van der Waals surface area (Å²) < 4.78 is 17.8. The third-order valence-corrected chi connectivity index (χ3v) is 3.09. The maximum atomic E-state index is 12.8. The van der Waals surface area contributed by atoms with Gasteiger partial charge in [0.15, 0.2) is 11.9 Å². The average molecular weight is 338 g/mol. The maximum Gasteiger partial charge on any atom is 0.318 e. The van der Waals surface area contributed by atoms with Crippen LogP contribution in [0.15, 0.2) is 24.3 Å². The highest BCUT2D eigenvalue weighted by molar-refractivity contribution is 5.98. The quantitative estimate of drug-likeness (QED) is 0.578. The van der Waals surface area contributed by atoms with Crippen molar-refractivity contribution in [2.45, 2.75) is 32.8 Å². The van der Waals surface area contributed by atoms with Crippen LogP contribution in [0, 0.1) is 11.7 Å². The fourth-order valence-corrected chi connectivity index (χ4v) is 1.88. The number of urea groups is 1. The number of primary amides is 1. The molecular formula is C16H19FN2O5. The Kier molecular flexibility index (Phi) is 7.03. The lowest BCUT2D eigenvalue weighted by atomic mass is 10.1. The second-order valence-corrected chi connectivity index (χ2v) is 5.44. The Hall–Kier alpha value is -2.77. The van der Waals surface area contributed by atoms with Gasteiger partial charge >= 0.3 is 12.0 Å². The number of Topliss-reactive ketones (excluding diaryl/α,β-unsaturated/α-hetero) is 1. The van der Waals surface area contributed by atoms with Crippen molar-refractivity contribution in [3.8, 4) is 0 Å². The summed E-state index contributed by atoms with van der Waals surface area (Å²) in [6, 6.07) is 3.89. The Morgan fingerprint density at radius 3 is 2.21 bits per heavy atom. The zero-order valence-corrected chi connectivity index (χ0v) is 13.4. The van der Waals surface area contributed by atoms with Gasteiger partial charge in [-0.25, -0.2) is 9.18 Å². The topological polar surface area (TPSA) is 116 Å². The number of esters is 1. The zero-order chi connectivity index (χ0) is 18.3. The molecule has 8 heteroatoms. The normalized spacial score (nSPS) is 11.7. The molecule has 1 atom stereocenters. The van der Waals surface area contributed by atoms with Gasteiger partial charge in [-0.1, -0.05) is 13.8 Å². The van der Waals surface area contributed by atoms with Crippen LogP contribution in [0.2, 0.25) is 0 Å². The van der Waals surface area contributed by atoms with Crippen molar-refractivity contribution in [3.63, 3.8) is 0 Å². The van der Waals surface area contributed by atoms with Gasteiger partial charge in [0, 0.05) is 12.0 Å². The Balaban J connectivity index is 2.56. The van der Waals surface area contributed by atoms with Crippen molar-refractivity contribution in [2.24, 2.45) is 11.7 Å². The van der Waals surface area contributed by atoms with Crippen molar-refractivity contribution in [1.82, 2.24) is 5.32 Å². The summed E-state index contributed by atoms with van der Waals surface area (Å²) in [6.45, 7) is 3.25. The number of imide groups is 1. The fraction of sp³-hybridized carbons (Fsp3) is 0.375. The van der Waals surface area contributed by atoms with Gasteiger partial charge in [0.25, 0.3) is 5.91 Å². The summed E-state index contributed by atoms with van der Waals surface area (Å²) in [5.74, 6) is -2.79. The molecule has 130 valence electrons. The summed E-state index contributed by atoms with van der Waals surface area (Å²) in [5.41, 5.74) is 5.13. The summed E-state index contributed by atoms with van der Waals surface area (Å²) in [5, 5.41) is 1.85. The molecule has 7 nitrogen and oxygen atoms in total. The molecule has 0 aromatic heterocycles. The van der Waals surface area contributed by atoms with E-state index in [9.17, 15) is 23.6 Å². The number of benzene rings is 1. The van der Waals surface area contributed by atoms with Gasteiger partial charge in [-0.15, -0.1) is 0 Å². The molecule has 0 radical (unpaired) electrons. The van der Waals surface area contributed by atoms with Crippen LogP contribution in [-0.4, -0.2) is 29.8 Å². The number of halogens is 1. The first kappa shape index (κ1) is 19.3. The van der Waals surface area contributed by atoms with Gasteiger partial charge in [-0.3, -0.25) is 19.7 Å². The molecule has 1 aromatic rings. The van der Waals surface area contributed by atoms with Gasteiger partial charge in [-0.2, -0.15) is 0 Å². The first-order valence-electron chi connectivity index (χ1n) is 7.29. The number of rotatable bonds is 7. The SMILES string of the molecule is CC(C)C(OC(=O)CCC(=O)c1ccc(F)cc1)C(=O)NC(N)=O. The second kappa shape index (κ2) is 8.76. The van der Waals surface area contributed by atoms with Crippen LogP contribution in [0.5, 0.6) is 0 Å². The Bertz CT molecular complexity index is 628. The molecule has 24 heavy (non-hydrogen) atoms. The van der Waals surface area contributed by atoms with E-state index in [4.69, 9.17) is 10.5 Å². The summed E-state index contributed by atoms with van der Waals surface area (Å²) in [6.07, 6.45) is -1.58. The number of carbonyl (C=O) groups is 4. The van der Waals surface area contributed by atoms with E-state index in [1.54, 1.807) is 13.8 Å². The smallest absolute Gasteiger partial charge is 0.318 e. The van der Waals surface area contributed by atoms with Gasteiger partial charge in [0.1, 0.15) is 5.82 Å². The number of amides is 3. The Morgan fingerprint density at radius 2 is 1.71 bits per heavy atom. The van der Waals surface area contributed by atoms with Crippen molar-refractivity contribution in [2.75, 3.05) is 0 Å². The first-order chi connectivity index (χ1) is 11.2. The molecule has 0 aliphatic heterocycles. The number of carbonyl (C=O) groups excluding carboxylic acids is 4. The lowest BCUT2D eigenvalue weighted by Crippen LogP contribution is -2.45. The largest absolute Gasteiger partial charge is 0.452 e. The number of nitrogens with one attached hydrogen (secondary N) is 1. The van der Waals surface area contributed by atoms with Gasteiger partial charge < -0.3 is 10.5 Å². The molecule has 3 amide bonds. The Labute approximate surface area is 138 Å². The van der Waals surface area contributed by atoms with Gasteiger partial charge in [0.2, 0.25) is 0 Å². The van der Waals surface area contributed by atoms with Crippen LogP contribution in [-0.2, 0) is 14.3 Å². The molecule has 0 aliphatic rings. The van der Waals surface area contributed by atoms with E-state index in [-0.39, 0.29) is 30.1 Å². The van der Waals surface area contributed by atoms with E-state index < -0.39 is 29.8 Å². The predicted octanol–water partition coefficient (Wildman–Crippen LogP) is 1.55. The average Bonchev–Trinajstić information content (AvgIpc) is 2.49. The summed E-state index contributed by atoms with van der Waals surface area (Å²) in [7, 11) is 0. The van der Waals surface area contributed by atoms with Crippen LogP contribution >= 0.6 is 0 Å². The zero-order valence-electron chi connectivity index (χ0n) is 13.4. The second-order valence-electron chi connectivity index (χ2n) is 5.44. The molecule has 1 aromatic carbocycles. The van der Waals surface area contributed by atoms with E-state index in [0.717, 1.165) is 12.1 Å². The van der Waals surface area contributed by atoms with Crippen molar-refractivity contribution < 1.29 is 28.3 Å². The molecule has 0 spiro atoms. The third-order valence-electron chi connectivity index (χ3n) is 3.09. The van der Waals surface area contributed by atoms with Crippen LogP contribution in [0.1, 0.15) is 37.0 Å². The van der Waals surface area contributed by atoms with Gasteiger partial charge in [-0.05, 0) is 30.2 Å². The van der Waals surface area contributed by atoms with E-state index in [0.29, 0.717) is 0 Å². The number of hydrogen-bond acceptors (Lipinski definition) is 5. The highest BCUT2D eigenvalue weighted by Crippen LogP contribution is 2.11. The molecule has 0 bridgehead atoms. The van der Waals surface area contributed by atoms with E-state index in [1.165, 1.54) is 12.1 Å². The standard InChI is InChI=1S/C16H19FN2O5/c1-9(2)14(15(22)19-16(18)23)24-13(21)8-7-12(20)10-3-5-11(17)6-4-10/h3-6,9,14H,7-8H2,1-2H3,(H3,18,19,22,23). The molecule has 0 aliphatic carbocycles. The molecule has 0 saturated carbocycles. The van der Waals surface area contributed by atoms with E-state index in [2.05, 4.69) is 0 Å². The first-order valence-corrected chi connectivity index (χ1v) is 7.29. The highest BCUT2D eigenvalue weighted by Gasteiger charge is 2.27. The van der Waals surface area contributed by atoms with Crippen molar-refractivity contribution in [3.05, 3.63) is 35.6 Å². The van der Waals surface area contributed by atoms with Crippen molar-refractivity contribution >= 4 is 23.7 Å². The minimum atomic E-state index is -1.19. The highest BCUT2D eigenvalue weighted by atomic mass is 19.1. The molecule has 0 saturated heterocycles. The fourth-order valence-electron chi connectivity index (χ4n) is 1.88. The van der Waals surface area contributed by atoms with Crippen LogP contribution in [0.25, 0.3) is 0 Å². The number of ketones is 1. The van der Waals surface area contributed by atoms with E-state index >= 15 is 0 Å². The third kappa shape index (κ3) is 6.15. The lowest BCUT2D eigenvalue weighted by molar-refractivity contribution is -0.158. The number of hydrogen-bond donors (Lipinski definition) is 2. The van der Waals surface area contributed by atoms with Crippen molar-refractivity contribution in [1.29, 1.82) is 0 Å². The van der Waals surface area contributed by atoms with E-state index in [1.807, 2.05) is 5.32 Å². The summed E-state index contributed by atoms with van der Waals surface area (Å²) in [4.78, 5) is 46.1. The Morgan fingerprint density at radius 1 is 1.12 bits per heavy atom. The number of ether oxygens (including phenoxy) is 1. The lowest BCUT2D eigenvalue weighted by Gasteiger charge is -2.19. The minimum Gasteiger partial charge on any atom is -0.452 e. The molecule has 3 N–H and O–H groups in total. The number of nitrogens with two attached hydrogens (primary N) is 1.